The van der Waals surface area contributed by atoms with E-state index in [0.717, 1.165) is 0 Å². The first-order valence-corrected chi connectivity index (χ1v) is 3.33. The van der Waals surface area contributed by atoms with E-state index in [0.29, 0.717) is 5.92 Å². The van der Waals surface area contributed by atoms with Crippen LogP contribution in [-0.4, -0.2) is 10.7 Å². The monoisotopic (exact) mass is 128 g/mol. The Labute approximate surface area is 57.4 Å². The highest BCUT2D eigenvalue weighted by Gasteiger charge is 2.05. The third-order valence-electron chi connectivity index (χ3n) is 0.889. The summed E-state index contributed by atoms with van der Waals surface area (Å²) < 4.78 is 0. The van der Waals surface area contributed by atoms with Gasteiger partial charge in [-0.2, -0.15) is 0 Å². The molecule has 0 aliphatic heterocycles. The summed E-state index contributed by atoms with van der Waals surface area (Å²) in [5.74, 6) is 0.524. The van der Waals surface area contributed by atoms with Gasteiger partial charge in [-0.15, -0.1) is 0 Å². The Kier molecular flexibility index (Phi) is 2.92. The zero-order valence-electron chi connectivity index (χ0n) is 6.68. The van der Waals surface area contributed by atoms with Gasteiger partial charge in [-0.1, -0.05) is 26.0 Å². The highest BCUT2D eigenvalue weighted by atomic mass is 16.3. The van der Waals surface area contributed by atoms with Crippen molar-refractivity contribution in [3.05, 3.63) is 12.2 Å². The van der Waals surface area contributed by atoms with Crippen LogP contribution in [0.15, 0.2) is 12.2 Å². The molecule has 0 aliphatic carbocycles. The molecule has 0 amide bonds. The molecular weight excluding hydrogens is 112 g/mol. The number of aliphatic hydroxyl groups is 1. The van der Waals surface area contributed by atoms with Crippen molar-refractivity contribution in [2.24, 2.45) is 5.92 Å². The zero-order valence-corrected chi connectivity index (χ0v) is 6.68. The van der Waals surface area contributed by atoms with Crippen LogP contribution >= 0.6 is 0 Å². The first kappa shape index (κ1) is 8.70. The van der Waals surface area contributed by atoms with Gasteiger partial charge in [-0.05, 0) is 19.8 Å². The fourth-order valence-electron chi connectivity index (χ4n) is 0.428. The van der Waals surface area contributed by atoms with Gasteiger partial charge in [-0.3, -0.25) is 0 Å². The normalized spacial score (nSPS) is 13.6. The molecule has 0 fully saturated rings. The van der Waals surface area contributed by atoms with Crippen molar-refractivity contribution in [1.82, 2.24) is 0 Å². The molecule has 0 heterocycles. The Morgan fingerprint density at radius 2 is 1.78 bits per heavy atom. The second kappa shape index (κ2) is 3.02. The van der Waals surface area contributed by atoms with Crippen LogP contribution in [-0.2, 0) is 0 Å². The van der Waals surface area contributed by atoms with Gasteiger partial charge in [0.15, 0.2) is 0 Å². The van der Waals surface area contributed by atoms with Gasteiger partial charge < -0.3 is 5.11 Å². The summed E-state index contributed by atoms with van der Waals surface area (Å²) in [6, 6.07) is 0. The predicted molar refractivity (Wildman–Crippen MR) is 40.3 cm³/mol. The van der Waals surface area contributed by atoms with Crippen LogP contribution in [0.1, 0.15) is 27.7 Å². The summed E-state index contributed by atoms with van der Waals surface area (Å²) in [4.78, 5) is 0. The van der Waals surface area contributed by atoms with Crippen molar-refractivity contribution in [3.63, 3.8) is 0 Å². The van der Waals surface area contributed by atoms with Crippen molar-refractivity contribution in [3.8, 4) is 0 Å². The van der Waals surface area contributed by atoms with Gasteiger partial charge in [0.1, 0.15) is 0 Å². The topological polar surface area (TPSA) is 20.2 Å². The highest BCUT2D eigenvalue weighted by Crippen LogP contribution is 2.05. The van der Waals surface area contributed by atoms with Crippen molar-refractivity contribution in [2.75, 3.05) is 0 Å². The SMILES string of the molecule is CC(C)/C=C/C(C)(C)O. The Balaban J connectivity index is 3.71. The Morgan fingerprint density at radius 1 is 1.33 bits per heavy atom. The molecule has 0 radical (unpaired) electrons. The van der Waals surface area contributed by atoms with Gasteiger partial charge in [0.2, 0.25) is 0 Å². The maximum Gasteiger partial charge on any atom is 0.0771 e. The van der Waals surface area contributed by atoms with Crippen LogP contribution in [0.5, 0.6) is 0 Å². The summed E-state index contributed by atoms with van der Waals surface area (Å²) in [6.07, 6.45) is 3.82. The fraction of sp³-hybridized carbons (Fsp3) is 0.750. The maximum absolute atomic E-state index is 9.18. The smallest absolute Gasteiger partial charge is 0.0771 e. The molecule has 0 aromatic carbocycles. The molecule has 0 aromatic rings. The second-order valence-electron chi connectivity index (χ2n) is 3.26. The quantitative estimate of drug-likeness (QED) is 0.564. The third kappa shape index (κ3) is 7.70. The van der Waals surface area contributed by atoms with E-state index in [1.165, 1.54) is 0 Å². The molecular formula is C8H16O. The molecule has 0 bridgehead atoms. The Morgan fingerprint density at radius 3 is 1.89 bits per heavy atom. The van der Waals surface area contributed by atoms with Gasteiger partial charge in [0.25, 0.3) is 0 Å². The van der Waals surface area contributed by atoms with Gasteiger partial charge in [0, 0.05) is 0 Å². The average molecular weight is 128 g/mol. The minimum atomic E-state index is -0.649. The first-order valence-electron chi connectivity index (χ1n) is 3.33. The maximum atomic E-state index is 9.18. The largest absolute Gasteiger partial charge is 0.386 e. The molecule has 0 saturated heterocycles. The number of rotatable bonds is 2. The minimum absolute atomic E-state index is 0.524. The van der Waals surface area contributed by atoms with E-state index in [1.807, 2.05) is 12.2 Å². The molecule has 1 N–H and O–H groups in total. The summed E-state index contributed by atoms with van der Waals surface area (Å²) >= 11 is 0. The van der Waals surface area contributed by atoms with Crippen LogP contribution in [0.4, 0.5) is 0 Å². The molecule has 0 aromatic heterocycles. The lowest BCUT2D eigenvalue weighted by atomic mass is 10.1. The second-order valence-corrected chi connectivity index (χ2v) is 3.26. The summed E-state index contributed by atoms with van der Waals surface area (Å²) in [5, 5.41) is 9.18. The van der Waals surface area contributed by atoms with Crippen LogP contribution in [0, 0.1) is 5.92 Å². The molecule has 0 rings (SSSR count). The number of allylic oxidation sites excluding steroid dienone is 1. The average Bonchev–Trinajstić information content (AvgIpc) is 1.59. The summed E-state index contributed by atoms with van der Waals surface area (Å²) in [5.41, 5.74) is -0.649. The van der Waals surface area contributed by atoms with E-state index in [2.05, 4.69) is 13.8 Å². The Bertz CT molecular complexity index is 95.6. The molecule has 0 atom stereocenters. The van der Waals surface area contributed by atoms with Gasteiger partial charge in [-0.25, -0.2) is 0 Å². The van der Waals surface area contributed by atoms with E-state index in [4.69, 9.17) is 0 Å². The number of hydrogen-bond donors (Lipinski definition) is 1. The molecule has 0 saturated carbocycles. The van der Waals surface area contributed by atoms with Crippen molar-refractivity contribution in [1.29, 1.82) is 0 Å². The van der Waals surface area contributed by atoms with E-state index in [9.17, 15) is 5.11 Å². The van der Waals surface area contributed by atoms with Gasteiger partial charge >= 0.3 is 0 Å². The molecule has 0 unspecified atom stereocenters. The van der Waals surface area contributed by atoms with Gasteiger partial charge in [0.05, 0.1) is 5.60 Å². The van der Waals surface area contributed by atoms with Crippen molar-refractivity contribution >= 4 is 0 Å². The summed E-state index contributed by atoms with van der Waals surface area (Å²) in [6.45, 7) is 7.71. The lowest BCUT2D eigenvalue weighted by Gasteiger charge is -2.10. The van der Waals surface area contributed by atoms with Crippen LogP contribution in [0.3, 0.4) is 0 Å². The first-order chi connectivity index (χ1) is 3.92. The lowest BCUT2D eigenvalue weighted by molar-refractivity contribution is 0.132. The molecule has 0 spiro atoms. The van der Waals surface area contributed by atoms with E-state index in [-0.39, 0.29) is 0 Å². The van der Waals surface area contributed by atoms with Crippen molar-refractivity contribution < 1.29 is 5.11 Å². The third-order valence-corrected chi connectivity index (χ3v) is 0.889. The van der Waals surface area contributed by atoms with E-state index < -0.39 is 5.60 Å². The molecule has 54 valence electrons. The predicted octanol–water partition coefficient (Wildman–Crippen LogP) is 1.97. The highest BCUT2D eigenvalue weighted by molar-refractivity contribution is 4.96. The fourth-order valence-corrected chi connectivity index (χ4v) is 0.428. The molecule has 1 nitrogen and oxygen atoms in total. The van der Waals surface area contributed by atoms with Crippen LogP contribution < -0.4 is 0 Å². The zero-order chi connectivity index (χ0) is 7.49. The minimum Gasteiger partial charge on any atom is -0.386 e. The van der Waals surface area contributed by atoms with Crippen LogP contribution in [0.25, 0.3) is 0 Å². The van der Waals surface area contributed by atoms with Crippen molar-refractivity contribution in [2.45, 2.75) is 33.3 Å². The molecule has 1 heteroatoms. The lowest BCUT2D eigenvalue weighted by Crippen LogP contribution is -2.13. The Hall–Kier alpha value is -0.300. The van der Waals surface area contributed by atoms with E-state index in [1.54, 1.807) is 13.8 Å². The number of hydrogen-bond acceptors (Lipinski definition) is 1. The molecule has 0 aliphatic rings. The molecule has 9 heavy (non-hydrogen) atoms. The standard InChI is InChI=1S/C8H16O/c1-7(2)5-6-8(3,4)9/h5-7,9H,1-4H3/b6-5+. The van der Waals surface area contributed by atoms with Crippen LogP contribution in [0.2, 0.25) is 0 Å². The van der Waals surface area contributed by atoms with E-state index >= 15 is 0 Å². The summed E-state index contributed by atoms with van der Waals surface area (Å²) in [7, 11) is 0.